The van der Waals surface area contributed by atoms with Crippen molar-refractivity contribution in [2.24, 2.45) is 0 Å². The highest BCUT2D eigenvalue weighted by Crippen LogP contribution is 2.32. The number of ether oxygens (including phenoxy) is 2. The van der Waals surface area contributed by atoms with Crippen LogP contribution < -0.4 is 9.47 Å². The van der Waals surface area contributed by atoms with E-state index in [0.717, 1.165) is 28.9 Å². The normalized spacial score (nSPS) is 13.3. The number of methoxy groups -OCH3 is 2. The topological polar surface area (TPSA) is 35.5 Å². The Balaban J connectivity index is 2.37. The maximum atomic E-state index is 11.7. The second kappa shape index (κ2) is 6.44. The Bertz CT molecular complexity index is 607. The second-order valence-corrected chi connectivity index (χ2v) is 5.26. The number of carbonyl (C=O) groups excluding carboxylic acids is 1. The molecule has 0 saturated heterocycles. The van der Waals surface area contributed by atoms with E-state index in [1.54, 1.807) is 14.2 Å². The predicted molar refractivity (Wildman–Crippen MR) is 83.1 cm³/mol. The van der Waals surface area contributed by atoms with Crippen LogP contribution in [-0.2, 0) is 16.6 Å². The van der Waals surface area contributed by atoms with E-state index in [9.17, 15) is 4.79 Å². The van der Waals surface area contributed by atoms with Gasteiger partial charge in [0.25, 0.3) is 0 Å². The van der Waals surface area contributed by atoms with E-state index in [-0.39, 0.29) is 0 Å². The van der Waals surface area contributed by atoms with Crippen molar-refractivity contribution in [3.05, 3.63) is 59.7 Å². The average molecular weight is 284 g/mol. The molecule has 1 atom stereocenters. The lowest BCUT2D eigenvalue weighted by Gasteiger charge is -2.25. The van der Waals surface area contributed by atoms with Crippen LogP contribution in [0.1, 0.15) is 18.1 Å². The van der Waals surface area contributed by atoms with Gasteiger partial charge in [-0.3, -0.25) is 0 Å². The van der Waals surface area contributed by atoms with E-state index in [1.807, 2.05) is 55.5 Å². The molecule has 0 aliphatic carbocycles. The van der Waals surface area contributed by atoms with Gasteiger partial charge in [0.2, 0.25) is 0 Å². The first-order valence-electron chi connectivity index (χ1n) is 6.85. The molecule has 21 heavy (non-hydrogen) atoms. The van der Waals surface area contributed by atoms with Gasteiger partial charge in [0, 0.05) is 6.07 Å². The average Bonchev–Trinajstić information content (AvgIpc) is 2.55. The van der Waals surface area contributed by atoms with Crippen molar-refractivity contribution in [3.63, 3.8) is 0 Å². The smallest absolute Gasteiger partial charge is 0.130 e. The fourth-order valence-electron chi connectivity index (χ4n) is 2.42. The van der Waals surface area contributed by atoms with Crippen LogP contribution in [0.5, 0.6) is 11.5 Å². The van der Waals surface area contributed by atoms with Crippen LogP contribution in [-0.4, -0.2) is 20.5 Å². The van der Waals surface area contributed by atoms with E-state index in [1.165, 1.54) is 0 Å². The fraction of sp³-hybridized carbons (Fsp3) is 0.278. The lowest BCUT2D eigenvalue weighted by molar-refractivity contribution is -0.112. The lowest BCUT2D eigenvalue weighted by Crippen LogP contribution is -2.27. The minimum Gasteiger partial charge on any atom is -0.497 e. The molecule has 0 saturated carbocycles. The second-order valence-electron chi connectivity index (χ2n) is 5.26. The summed E-state index contributed by atoms with van der Waals surface area (Å²) >= 11 is 0. The van der Waals surface area contributed by atoms with Crippen LogP contribution in [0.4, 0.5) is 0 Å². The van der Waals surface area contributed by atoms with Crippen LogP contribution in [0, 0.1) is 0 Å². The van der Waals surface area contributed by atoms with Crippen molar-refractivity contribution in [2.45, 2.75) is 18.8 Å². The van der Waals surface area contributed by atoms with Crippen LogP contribution in [0.25, 0.3) is 0 Å². The number of carbonyl (C=O) groups is 1. The van der Waals surface area contributed by atoms with E-state index in [0.29, 0.717) is 6.42 Å². The molecule has 3 heteroatoms. The van der Waals surface area contributed by atoms with Gasteiger partial charge in [0.1, 0.15) is 17.8 Å². The molecule has 0 bridgehead atoms. The summed E-state index contributed by atoms with van der Waals surface area (Å²) in [7, 11) is 3.24. The standard InChI is InChI=1S/C18H20O3/c1-18(13-19,15-7-5-4-6-8-15)12-14-9-10-16(20-2)11-17(14)21-3/h4-11,13H,12H2,1-3H3. The summed E-state index contributed by atoms with van der Waals surface area (Å²) in [6.45, 7) is 1.94. The third kappa shape index (κ3) is 3.24. The van der Waals surface area contributed by atoms with E-state index >= 15 is 0 Å². The van der Waals surface area contributed by atoms with Crippen LogP contribution in [0.15, 0.2) is 48.5 Å². The van der Waals surface area contributed by atoms with Gasteiger partial charge in [-0.2, -0.15) is 0 Å². The van der Waals surface area contributed by atoms with Gasteiger partial charge in [-0.15, -0.1) is 0 Å². The van der Waals surface area contributed by atoms with Crippen molar-refractivity contribution >= 4 is 6.29 Å². The van der Waals surface area contributed by atoms with Gasteiger partial charge in [-0.25, -0.2) is 0 Å². The SMILES string of the molecule is COc1ccc(CC(C)(C=O)c2ccccc2)c(OC)c1. The van der Waals surface area contributed by atoms with Gasteiger partial charge in [-0.1, -0.05) is 36.4 Å². The Kier molecular flexibility index (Phi) is 4.63. The van der Waals surface area contributed by atoms with Gasteiger partial charge >= 0.3 is 0 Å². The third-order valence-electron chi connectivity index (χ3n) is 3.75. The minimum absolute atomic E-state index is 0.577. The number of hydrogen-bond donors (Lipinski definition) is 0. The molecule has 0 spiro atoms. The van der Waals surface area contributed by atoms with Gasteiger partial charge in [0.15, 0.2) is 0 Å². The van der Waals surface area contributed by atoms with Crippen molar-refractivity contribution in [1.29, 1.82) is 0 Å². The fourth-order valence-corrected chi connectivity index (χ4v) is 2.42. The van der Waals surface area contributed by atoms with Crippen LogP contribution >= 0.6 is 0 Å². The van der Waals surface area contributed by atoms with E-state index < -0.39 is 5.41 Å². The van der Waals surface area contributed by atoms with Crippen LogP contribution in [0.2, 0.25) is 0 Å². The molecule has 0 aliphatic heterocycles. The molecule has 0 aliphatic rings. The minimum atomic E-state index is -0.580. The zero-order valence-electron chi connectivity index (χ0n) is 12.6. The first-order chi connectivity index (χ1) is 10.1. The van der Waals surface area contributed by atoms with Crippen molar-refractivity contribution in [3.8, 4) is 11.5 Å². The first kappa shape index (κ1) is 15.1. The Morgan fingerprint density at radius 3 is 2.33 bits per heavy atom. The Morgan fingerprint density at radius 2 is 1.76 bits per heavy atom. The molecule has 0 N–H and O–H groups in total. The number of hydrogen-bond acceptors (Lipinski definition) is 3. The first-order valence-corrected chi connectivity index (χ1v) is 6.85. The van der Waals surface area contributed by atoms with Crippen LogP contribution in [0.3, 0.4) is 0 Å². The quantitative estimate of drug-likeness (QED) is 0.763. The predicted octanol–water partition coefficient (Wildman–Crippen LogP) is 3.40. The molecule has 0 heterocycles. The van der Waals surface area contributed by atoms with Crippen molar-refractivity contribution in [2.75, 3.05) is 14.2 Å². The molecule has 2 aromatic carbocycles. The van der Waals surface area contributed by atoms with Crippen molar-refractivity contribution < 1.29 is 14.3 Å². The molecule has 110 valence electrons. The summed E-state index contributed by atoms with van der Waals surface area (Å²) in [5.74, 6) is 1.47. The highest BCUT2D eigenvalue weighted by molar-refractivity contribution is 5.69. The van der Waals surface area contributed by atoms with E-state index in [2.05, 4.69) is 0 Å². The van der Waals surface area contributed by atoms with Crippen molar-refractivity contribution in [1.82, 2.24) is 0 Å². The number of benzene rings is 2. The largest absolute Gasteiger partial charge is 0.497 e. The summed E-state index contributed by atoms with van der Waals surface area (Å²) in [5, 5.41) is 0. The Morgan fingerprint density at radius 1 is 1.05 bits per heavy atom. The van der Waals surface area contributed by atoms with E-state index in [4.69, 9.17) is 9.47 Å². The molecule has 3 nitrogen and oxygen atoms in total. The number of aldehydes is 1. The third-order valence-corrected chi connectivity index (χ3v) is 3.75. The molecule has 2 rings (SSSR count). The highest BCUT2D eigenvalue weighted by Gasteiger charge is 2.27. The molecule has 0 radical (unpaired) electrons. The molecule has 2 aromatic rings. The molecule has 0 amide bonds. The van der Waals surface area contributed by atoms with Gasteiger partial charge < -0.3 is 14.3 Å². The summed E-state index contributed by atoms with van der Waals surface area (Å²) < 4.78 is 10.6. The zero-order valence-corrected chi connectivity index (χ0v) is 12.6. The van der Waals surface area contributed by atoms with Gasteiger partial charge in [-0.05, 0) is 30.5 Å². The summed E-state index contributed by atoms with van der Waals surface area (Å²) in [6, 6.07) is 15.5. The molecule has 1 unspecified atom stereocenters. The Hall–Kier alpha value is -2.29. The molecule has 0 fully saturated rings. The summed E-state index contributed by atoms with van der Waals surface area (Å²) in [4.78, 5) is 11.7. The maximum absolute atomic E-state index is 11.7. The molecular weight excluding hydrogens is 264 g/mol. The highest BCUT2D eigenvalue weighted by atomic mass is 16.5. The Labute approximate surface area is 125 Å². The monoisotopic (exact) mass is 284 g/mol. The molecular formula is C18H20O3. The lowest BCUT2D eigenvalue weighted by atomic mass is 9.78. The maximum Gasteiger partial charge on any atom is 0.130 e. The summed E-state index contributed by atoms with van der Waals surface area (Å²) in [5.41, 5.74) is 1.40. The number of rotatable bonds is 6. The molecule has 0 aromatic heterocycles. The zero-order chi connectivity index (χ0) is 15.3. The van der Waals surface area contributed by atoms with Gasteiger partial charge in [0.05, 0.1) is 19.6 Å². The summed E-state index contributed by atoms with van der Waals surface area (Å²) in [6.07, 6.45) is 1.58.